The maximum atomic E-state index is 9.35. The van der Waals surface area contributed by atoms with Crippen molar-refractivity contribution in [2.75, 3.05) is 33.4 Å². The number of benzene rings is 1. The number of nitrogens with one attached hydrogen (secondary N) is 1. The Kier molecular flexibility index (Phi) is 5.99. The van der Waals surface area contributed by atoms with Crippen LogP contribution < -0.4 is 10.1 Å². The molecule has 1 aromatic rings. The lowest BCUT2D eigenvalue weighted by Gasteiger charge is -2.33. The molecule has 2 N–H and O–H groups in total. The summed E-state index contributed by atoms with van der Waals surface area (Å²) < 4.78 is 5.68. The molecule has 0 bridgehead atoms. The minimum Gasteiger partial charge on any atom is -0.493 e. The predicted molar refractivity (Wildman–Crippen MR) is 100 cm³/mol. The number of nitrogens with zero attached hydrogens (tertiary/aromatic N) is 2. The summed E-state index contributed by atoms with van der Waals surface area (Å²) in [7, 11) is 2.09. The Hall–Kier alpha value is -1.56. The SMILES string of the molecule is CCC(CCNC(C)c1ccc2c(c1)OCC2)N1C=C(CO)CN1C. The van der Waals surface area contributed by atoms with Crippen molar-refractivity contribution >= 4 is 0 Å². The summed E-state index contributed by atoms with van der Waals surface area (Å²) in [6.07, 6.45) is 5.29. The fourth-order valence-electron chi connectivity index (χ4n) is 3.74. The molecule has 2 aliphatic heterocycles. The number of hydrogen-bond donors (Lipinski definition) is 2. The molecule has 0 spiro atoms. The first-order valence-electron chi connectivity index (χ1n) is 9.41. The third-order valence-electron chi connectivity index (χ3n) is 5.34. The molecule has 0 amide bonds. The number of aliphatic hydroxyl groups excluding tert-OH is 1. The van der Waals surface area contributed by atoms with E-state index in [0.717, 1.165) is 50.3 Å². The molecule has 1 aromatic carbocycles. The molecule has 25 heavy (non-hydrogen) atoms. The highest BCUT2D eigenvalue weighted by molar-refractivity contribution is 5.40. The summed E-state index contributed by atoms with van der Waals surface area (Å²) in [4.78, 5) is 0. The maximum Gasteiger partial charge on any atom is 0.122 e. The van der Waals surface area contributed by atoms with E-state index in [1.807, 2.05) is 0 Å². The minimum absolute atomic E-state index is 0.146. The van der Waals surface area contributed by atoms with Gasteiger partial charge in [0.25, 0.3) is 0 Å². The van der Waals surface area contributed by atoms with Crippen molar-refractivity contribution < 1.29 is 9.84 Å². The van der Waals surface area contributed by atoms with Crippen LogP contribution in [0.25, 0.3) is 0 Å². The van der Waals surface area contributed by atoms with Crippen molar-refractivity contribution in [3.63, 3.8) is 0 Å². The van der Waals surface area contributed by atoms with E-state index in [1.54, 1.807) is 0 Å². The Labute approximate surface area is 151 Å². The highest BCUT2D eigenvalue weighted by atomic mass is 16.5. The Morgan fingerprint density at radius 3 is 2.92 bits per heavy atom. The summed E-state index contributed by atoms with van der Waals surface area (Å²) in [5.41, 5.74) is 3.69. The van der Waals surface area contributed by atoms with Gasteiger partial charge in [-0.2, -0.15) is 0 Å². The zero-order valence-electron chi connectivity index (χ0n) is 15.7. The molecular weight excluding hydrogens is 314 g/mol. The number of fused-ring (bicyclic) bond motifs is 1. The molecule has 5 heteroatoms. The Balaban J connectivity index is 1.52. The summed E-state index contributed by atoms with van der Waals surface area (Å²) in [5.74, 6) is 1.05. The van der Waals surface area contributed by atoms with E-state index in [1.165, 1.54) is 11.1 Å². The van der Waals surface area contributed by atoms with Gasteiger partial charge in [0, 0.05) is 38.3 Å². The zero-order valence-corrected chi connectivity index (χ0v) is 15.7. The number of aliphatic hydroxyl groups is 1. The highest BCUT2D eigenvalue weighted by Crippen LogP contribution is 2.28. The molecule has 0 fully saturated rings. The fraction of sp³-hybridized carbons (Fsp3) is 0.600. The van der Waals surface area contributed by atoms with Gasteiger partial charge in [0.05, 0.1) is 13.2 Å². The molecule has 2 unspecified atom stereocenters. The second kappa shape index (κ2) is 8.21. The molecule has 0 aliphatic carbocycles. The van der Waals surface area contributed by atoms with Crippen LogP contribution in [0.5, 0.6) is 5.75 Å². The average Bonchev–Trinajstić information content (AvgIpc) is 3.24. The van der Waals surface area contributed by atoms with Gasteiger partial charge in [-0.25, -0.2) is 5.01 Å². The second-order valence-corrected chi connectivity index (χ2v) is 7.13. The van der Waals surface area contributed by atoms with Gasteiger partial charge < -0.3 is 20.2 Å². The van der Waals surface area contributed by atoms with Crippen molar-refractivity contribution in [1.82, 2.24) is 15.3 Å². The summed E-state index contributed by atoms with van der Waals surface area (Å²) >= 11 is 0. The van der Waals surface area contributed by atoms with Gasteiger partial charge in [0.1, 0.15) is 5.75 Å². The topological polar surface area (TPSA) is 48.0 Å². The van der Waals surface area contributed by atoms with Gasteiger partial charge in [-0.1, -0.05) is 19.1 Å². The van der Waals surface area contributed by atoms with Crippen LogP contribution in [0.1, 0.15) is 43.9 Å². The molecule has 0 saturated heterocycles. The Bertz CT molecular complexity index is 617. The standard InChI is InChI=1S/C20H31N3O2/c1-4-19(23-13-16(14-24)12-22(23)3)7-9-21-15(2)18-6-5-17-8-10-25-20(17)11-18/h5-6,11,13,15,19,21,24H,4,7-10,12,14H2,1-3H3. The molecule has 0 saturated carbocycles. The molecule has 2 heterocycles. The van der Waals surface area contributed by atoms with E-state index < -0.39 is 0 Å². The number of hydrazine groups is 1. The van der Waals surface area contributed by atoms with Crippen LogP contribution in [0.3, 0.4) is 0 Å². The van der Waals surface area contributed by atoms with Gasteiger partial charge >= 0.3 is 0 Å². The van der Waals surface area contributed by atoms with Crippen molar-refractivity contribution in [3.05, 3.63) is 41.1 Å². The number of likely N-dealkylation sites (N-methyl/N-ethyl adjacent to an activating group) is 1. The molecule has 2 aliphatic rings. The molecule has 3 rings (SSSR count). The van der Waals surface area contributed by atoms with Crippen LogP contribution in [0.15, 0.2) is 30.0 Å². The highest BCUT2D eigenvalue weighted by Gasteiger charge is 2.24. The Morgan fingerprint density at radius 1 is 1.36 bits per heavy atom. The van der Waals surface area contributed by atoms with Crippen molar-refractivity contribution in [2.24, 2.45) is 0 Å². The van der Waals surface area contributed by atoms with Crippen molar-refractivity contribution in [1.29, 1.82) is 0 Å². The van der Waals surface area contributed by atoms with Gasteiger partial charge in [-0.3, -0.25) is 0 Å². The van der Waals surface area contributed by atoms with Crippen LogP contribution >= 0.6 is 0 Å². The molecule has 5 nitrogen and oxygen atoms in total. The lowest BCUT2D eigenvalue weighted by Crippen LogP contribution is -2.41. The summed E-state index contributed by atoms with van der Waals surface area (Å²) in [6, 6.07) is 7.36. The van der Waals surface area contributed by atoms with Crippen LogP contribution in [0.4, 0.5) is 0 Å². The van der Waals surface area contributed by atoms with Gasteiger partial charge in [-0.05, 0) is 49.1 Å². The largest absolute Gasteiger partial charge is 0.493 e. The summed E-state index contributed by atoms with van der Waals surface area (Å²) in [5, 5.41) is 17.5. The molecule has 2 atom stereocenters. The monoisotopic (exact) mass is 345 g/mol. The normalized spacial score (nSPS) is 19.5. The lowest BCUT2D eigenvalue weighted by molar-refractivity contribution is 0.0310. The van der Waals surface area contributed by atoms with Gasteiger partial charge in [-0.15, -0.1) is 0 Å². The van der Waals surface area contributed by atoms with E-state index >= 15 is 0 Å². The van der Waals surface area contributed by atoms with E-state index in [-0.39, 0.29) is 6.61 Å². The number of rotatable bonds is 8. The molecular formula is C20H31N3O2. The van der Waals surface area contributed by atoms with Crippen LogP contribution in [-0.2, 0) is 6.42 Å². The van der Waals surface area contributed by atoms with Crippen molar-refractivity contribution in [3.8, 4) is 5.75 Å². The van der Waals surface area contributed by atoms with E-state index in [2.05, 4.69) is 60.6 Å². The number of ether oxygens (including phenoxy) is 1. The van der Waals surface area contributed by atoms with Gasteiger partial charge in [0.15, 0.2) is 0 Å². The Morgan fingerprint density at radius 2 is 2.20 bits per heavy atom. The molecule has 0 radical (unpaired) electrons. The second-order valence-electron chi connectivity index (χ2n) is 7.13. The fourth-order valence-corrected chi connectivity index (χ4v) is 3.74. The summed E-state index contributed by atoms with van der Waals surface area (Å²) in [6.45, 7) is 7.18. The maximum absolute atomic E-state index is 9.35. The van der Waals surface area contributed by atoms with Crippen LogP contribution in [0, 0.1) is 0 Å². The first-order valence-corrected chi connectivity index (χ1v) is 9.41. The van der Waals surface area contributed by atoms with Crippen molar-refractivity contribution in [2.45, 2.75) is 45.2 Å². The third kappa shape index (κ3) is 4.17. The minimum atomic E-state index is 0.146. The van der Waals surface area contributed by atoms with Gasteiger partial charge in [0.2, 0.25) is 0 Å². The third-order valence-corrected chi connectivity index (χ3v) is 5.34. The number of hydrogen-bond acceptors (Lipinski definition) is 5. The van der Waals surface area contributed by atoms with E-state index in [9.17, 15) is 5.11 Å². The van der Waals surface area contributed by atoms with E-state index in [0.29, 0.717) is 12.1 Å². The zero-order chi connectivity index (χ0) is 17.8. The molecule has 0 aromatic heterocycles. The first-order chi connectivity index (χ1) is 12.1. The first kappa shape index (κ1) is 18.2. The smallest absolute Gasteiger partial charge is 0.122 e. The van der Waals surface area contributed by atoms with E-state index in [4.69, 9.17) is 4.74 Å². The quantitative estimate of drug-likeness (QED) is 0.758. The average molecular weight is 345 g/mol. The predicted octanol–water partition coefficient (Wildman–Crippen LogP) is 2.48. The lowest BCUT2D eigenvalue weighted by atomic mass is 10.0. The molecule has 138 valence electrons. The van der Waals surface area contributed by atoms with Crippen LogP contribution in [0.2, 0.25) is 0 Å². The van der Waals surface area contributed by atoms with Crippen LogP contribution in [-0.4, -0.2) is 54.5 Å².